The monoisotopic (exact) mass is 450 g/mol. The van der Waals surface area contributed by atoms with Crippen LogP contribution in [0.5, 0.6) is 0 Å². The molecule has 32 heavy (non-hydrogen) atoms. The lowest BCUT2D eigenvalue weighted by atomic mass is 10.0. The van der Waals surface area contributed by atoms with Gasteiger partial charge in [-0.1, -0.05) is 56.3 Å². The topological polar surface area (TPSA) is 41.6 Å². The molecule has 3 aromatic carbocycles. The Kier molecular flexibility index (Phi) is 7.82. The van der Waals surface area contributed by atoms with E-state index in [2.05, 4.69) is 43.4 Å². The van der Waals surface area contributed by atoms with Crippen molar-refractivity contribution in [2.75, 3.05) is 24.3 Å². The van der Waals surface area contributed by atoms with Gasteiger partial charge < -0.3 is 14.7 Å². The number of hydrogen-bond donors (Lipinski definition) is 1. The summed E-state index contributed by atoms with van der Waals surface area (Å²) in [5.74, 6) is -0.0828. The quantitative estimate of drug-likeness (QED) is 0.356. The molecule has 0 saturated carbocycles. The summed E-state index contributed by atoms with van der Waals surface area (Å²) in [6.45, 7) is 8.21. The zero-order valence-electron chi connectivity index (χ0n) is 19.9. The summed E-state index contributed by atoms with van der Waals surface area (Å²) in [6.07, 6.45) is -0.190. The minimum atomic E-state index is -3.34. The van der Waals surface area contributed by atoms with Crippen LogP contribution >= 0.6 is 7.37 Å². The van der Waals surface area contributed by atoms with Crippen molar-refractivity contribution < 1.29 is 9.09 Å². The van der Waals surface area contributed by atoms with E-state index in [1.54, 1.807) is 0 Å². The normalized spacial score (nSPS) is 14.2. The molecule has 3 rings (SSSR count). The standard InChI is InChI=1S/C27H35N2O2P/c1-20(2)22-12-14-23(15-13-22)27(28-24-10-8-7-9-11-24)32(30,31-21(3)4)26-18-16-25(17-19-26)29(5)6/h7-21,27-28H,1-6H3/t27-,32+/m0/s1. The summed E-state index contributed by atoms with van der Waals surface area (Å²) in [5.41, 5.74) is 4.16. The molecule has 4 nitrogen and oxygen atoms in total. The number of anilines is 2. The van der Waals surface area contributed by atoms with Gasteiger partial charge in [-0.15, -0.1) is 0 Å². The van der Waals surface area contributed by atoms with Gasteiger partial charge in [-0.05, 0) is 67.3 Å². The third-order valence-corrected chi connectivity index (χ3v) is 8.29. The molecule has 0 amide bonds. The van der Waals surface area contributed by atoms with E-state index >= 15 is 0 Å². The van der Waals surface area contributed by atoms with Gasteiger partial charge >= 0.3 is 0 Å². The molecule has 170 valence electrons. The van der Waals surface area contributed by atoms with Gasteiger partial charge in [0.1, 0.15) is 5.78 Å². The lowest BCUT2D eigenvalue weighted by Gasteiger charge is -2.31. The summed E-state index contributed by atoms with van der Waals surface area (Å²) in [6, 6.07) is 26.1. The van der Waals surface area contributed by atoms with E-state index in [-0.39, 0.29) is 6.10 Å². The molecule has 0 saturated heterocycles. The van der Waals surface area contributed by atoms with E-state index in [4.69, 9.17) is 4.52 Å². The number of para-hydroxylation sites is 1. The minimum absolute atomic E-state index is 0.190. The van der Waals surface area contributed by atoms with Crippen molar-refractivity contribution in [3.05, 3.63) is 90.0 Å². The summed E-state index contributed by atoms with van der Waals surface area (Å²) >= 11 is 0. The second-order valence-corrected chi connectivity index (χ2v) is 11.3. The molecular weight excluding hydrogens is 415 g/mol. The van der Waals surface area contributed by atoms with Crippen LogP contribution in [-0.4, -0.2) is 20.2 Å². The first-order valence-corrected chi connectivity index (χ1v) is 12.9. The van der Waals surface area contributed by atoms with Gasteiger partial charge in [0.25, 0.3) is 7.37 Å². The molecule has 2 atom stereocenters. The SMILES string of the molecule is CC(C)O[P@](=O)(c1ccc(N(C)C)cc1)[C@H](Nc1ccccc1)c1ccc(C(C)C)cc1. The molecule has 0 radical (unpaired) electrons. The first-order chi connectivity index (χ1) is 15.2. The second-order valence-electron chi connectivity index (χ2n) is 8.90. The van der Waals surface area contributed by atoms with Gasteiger partial charge in [-0.2, -0.15) is 0 Å². The lowest BCUT2D eigenvalue weighted by Crippen LogP contribution is -2.23. The third-order valence-electron chi connectivity index (χ3n) is 5.43. The summed E-state index contributed by atoms with van der Waals surface area (Å²) < 4.78 is 21.0. The van der Waals surface area contributed by atoms with Gasteiger partial charge in [0.05, 0.1) is 6.10 Å². The molecule has 0 fully saturated rings. The van der Waals surface area contributed by atoms with Crippen molar-refractivity contribution >= 4 is 24.0 Å². The molecule has 0 spiro atoms. The Hall–Kier alpha value is -2.55. The van der Waals surface area contributed by atoms with Crippen LogP contribution in [0.25, 0.3) is 0 Å². The summed E-state index contributed by atoms with van der Waals surface area (Å²) in [7, 11) is 0.647. The first-order valence-electron chi connectivity index (χ1n) is 11.2. The molecule has 0 aromatic heterocycles. The predicted octanol–water partition coefficient (Wildman–Crippen LogP) is 7.02. The first kappa shape index (κ1) is 24.1. The highest BCUT2D eigenvalue weighted by Crippen LogP contribution is 2.59. The summed E-state index contributed by atoms with van der Waals surface area (Å²) in [5, 5.41) is 4.23. The van der Waals surface area contributed by atoms with Crippen LogP contribution in [0.2, 0.25) is 0 Å². The Balaban J connectivity index is 2.12. The van der Waals surface area contributed by atoms with Crippen molar-refractivity contribution in [2.45, 2.75) is 45.5 Å². The van der Waals surface area contributed by atoms with Gasteiger partial charge in [0, 0.05) is 30.8 Å². The van der Waals surface area contributed by atoms with E-state index in [0.29, 0.717) is 11.2 Å². The highest BCUT2D eigenvalue weighted by Gasteiger charge is 2.38. The molecule has 1 N–H and O–H groups in total. The van der Waals surface area contributed by atoms with Crippen molar-refractivity contribution in [1.82, 2.24) is 0 Å². The molecule has 0 heterocycles. The zero-order chi connectivity index (χ0) is 23.3. The van der Waals surface area contributed by atoms with Crippen LogP contribution in [0, 0.1) is 0 Å². The third kappa shape index (κ3) is 5.62. The molecule has 0 aliphatic carbocycles. The van der Waals surface area contributed by atoms with Gasteiger partial charge in [0.15, 0.2) is 0 Å². The van der Waals surface area contributed by atoms with E-state index < -0.39 is 13.2 Å². The minimum Gasteiger partial charge on any atom is -0.378 e. The number of benzene rings is 3. The molecule has 0 unspecified atom stereocenters. The van der Waals surface area contributed by atoms with Crippen LogP contribution in [0.15, 0.2) is 78.9 Å². The van der Waals surface area contributed by atoms with Crippen LogP contribution in [0.1, 0.15) is 50.5 Å². The van der Waals surface area contributed by atoms with Crippen molar-refractivity contribution in [2.24, 2.45) is 0 Å². The number of rotatable bonds is 9. The highest BCUT2D eigenvalue weighted by molar-refractivity contribution is 7.67. The number of nitrogens with one attached hydrogen (secondary N) is 1. The summed E-state index contributed by atoms with van der Waals surface area (Å²) in [4.78, 5) is 2.03. The average molecular weight is 451 g/mol. The molecule has 0 aliphatic heterocycles. The number of nitrogens with zero attached hydrogens (tertiary/aromatic N) is 1. The van der Waals surface area contributed by atoms with E-state index in [1.165, 1.54) is 5.56 Å². The van der Waals surface area contributed by atoms with E-state index in [9.17, 15) is 4.57 Å². The van der Waals surface area contributed by atoms with Crippen molar-refractivity contribution in [1.29, 1.82) is 0 Å². The molecule has 0 aliphatic rings. The number of hydrogen-bond acceptors (Lipinski definition) is 4. The van der Waals surface area contributed by atoms with E-state index in [1.807, 2.05) is 87.4 Å². The fourth-order valence-corrected chi connectivity index (χ4v) is 6.28. The van der Waals surface area contributed by atoms with Crippen LogP contribution in [-0.2, 0) is 9.09 Å². The van der Waals surface area contributed by atoms with Gasteiger partial charge in [0.2, 0.25) is 0 Å². The molecular formula is C27H35N2O2P. The largest absolute Gasteiger partial charge is 0.378 e. The second kappa shape index (κ2) is 10.4. The van der Waals surface area contributed by atoms with E-state index in [0.717, 1.165) is 16.9 Å². The zero-order valence-corrected chi connectivity index (χ0v) is 20.8. The van der Waals surface area contributed by atoms with Crippen LogP contribution in [0.4, 0.5) is 11.4 Å². The van der Waals surface area contributed by atoms with Crippen molar-refractivity contribution in [3.8, 4) is 0 Å². The Morgan fingerprint density at radius 3 is 1.84 bits per heavy atom. The van der Waals surface area contributed by atoms with Gasteiger partial charge in [-0.3, -0.25) is 4.57 Å². The maximum atomic E-state index is 14.7. The van der Waals surface area contributed by atoms with Crippen LogP contribution < -0.4 is 15.5 Å². The predicted molar refractivity (Wildman–Crippen MR) is 138 cm³/mol. The highest BCUT2D eigenvalue weighted by atomic mass is 31.2. The fourth-order valence-electron chi connectivity index (χ4n) is 3.66. The Morgan fingerprint density at radius 2 is 1.34 bits per heavy atom. The maximum Gasteiger partial charge on any atom is 0.258 e. The molecule has 3 aromatic rings. The Labute approximate surface area is 193 Å². The Morgan fingerprint density at radius 1 is 0.781 bits per heavy atom. The smallest absolute Gasteiger partial charge is 0.258 e. The Bertz CT molecular complexity index is 1030. The molecule has 0 bridgehead atoms. The van der Waals surface area contributed by atoms with Crippen molar-refractivity contribution in [3.63, 3.8) is 0 Å². The average Bonchev–Trinajstić information content (AvgIpc) is 2.77. The van der Waals surface area contributed by atoms with Crippen LogP contribution in [0.3, 0.4) is 0 Å². The lowest BCUT2D eigenvalue weighted by molar-refractivity contribution is 0.245. The maximum absolute atomic E-state index is 14.7. The van der Waals surface area contributed by atoms with Gasteiger partial charge in [-0.25, -0.2) is 0 Å². The fraction of sp³-hybridized carbons (Fsp3) is 0.333. The molecule has 5 heteroatoms.